The smallest absolute Gasteiger partial charge is 0.251 e. The minimum absolute atomic E-state index is 0.145. The van der Waals surface area contributed by atoms with E-state index in [2.05, 4.69) is 25.9 Å². The molecule has 0 aliphatic heterocycles. The van der Waals surface area contributed by atoms with Crippen LogP contribution in [0, 0.1) is 0 Å². The first-order chi connectivity index (χ1) is 9.22. The zero-order chi connectivity index (χ0) is 13.2. The maximum Gasteiger partial charge on any atom is 0.251 e. The second kappa shape index (κ2) is 5.11. The largest absolute Gasteiger partial charge is 0.306 e. The van der Waals surface area contributed by atoms with Crippen molar-refractivity contribution in [1.29, 1.82) is 0 Å². The standard InChI is InChI=1S/C14H9BrN2OS/c15-12-7-6-11(19-12)14-16-10(8-13(18)17-14)9-4-2-1-3-5-9/h1-8H,(H,16,17,18). The number of H-pyrrole nitrogens is 1. The van der Waals surface area contributed by atoms with Crippen molar-refractivity contribution in [1.82, 2.24) is 9.97 Å². The fourth-order valence-corrected chi connectivity index (χ4v) is 3.10. The quantitative estimate of drug-likeness (QED) is 0.772. The van der Waals surface area contributed by atoms with Gasteiger partial charge in [0.25, 0.3) is 5.56 Å². The number of nitrogens with one attached hydrogen (secondary N) is 1. The van der Waals surface area contributed by atoms with Crippen molar-refractivity contribution in [3.05, 3.63) is 62.7 Å². The molecule has 0 fully saturated rings. The molecule has 5 heteroatoms. The average molecular weight is 333 g/mol. The Bertz CT molecular complexity index is 764. The number of benzene rings is 1. The number of thiophene rings is 1. The second-order valence-corrected chi connectivity index (χ2v) is 6.41. The normalized spacial score (nSPS) is 10.6. The van der Waals surface area contributed by atoms with Crippen LogP contribution in [0.15, 0.2) is 57.1 Å². The Kier molecular flexibility index (Phi) is 3.31. The molecule has 19 heavy (non-hydrogen) atoms. The maximum absolute atomic E-state index is 11.8. The summed E-state index contributed by atoms with van der Waals surface area (Å²) in [7, 11) is 0. The van der Waals surface area contributed by atoms with Crippen LogP contribution in [0.5, 0.6) is 0 Å². The van der Waals surface area contributed by atoms with E-state index in [-0.39, 0.29) is 5.56 Å². The third kappa shape index (κ3) is 2.67. The van der Waals surface area contributed by atoms with Crippen molar-refractivity contribution in [2.45, 2.75) is 0 Å². The average Bonchev–Trinajstić information content (AvgIpc) is 2.86. The summed E-state index contributed by atoms with van der Waals surface area (Å²) in [5.74, 6) is 0.599. The lowest BCUT2D eigenvalue weighted by molar-refractivity contribution is 1.14. The molecule has 0 spiro atoms. The van der Waals surface area contributed by atoms with Crippen LogP contribution in [0.3, 0.4) is 0 Å². The van der Waals surface area contributed by atoms with Crippen molar-refractivity contribution in [2.24, 2.45) is 0 Å². The SMILES string of the molecule is O=c1cc(-c2ccccc2)nc(-c2ccc(Br)s2)[nH]1. The first-order valence-corrected chi connectivity index (χ1v) is 7.26. The molecule has 2 aromatic heterocycles. The zero-order valence-electron chi connectivity index (χ0n) is 9.76. The molecular formula is C14H9BrN2OS. The molecule has 3 nitrogen and oxygen atoms in total. The summed E-state index contributed by atoms with van der Waals surface area (Å²) < 4.78 is 1.01. The van der Waals surface area contributed by atoms with Gasteiger partial charge < -0.3 is 4.98 Å². The van der Waals surface area contributed by atoms with Crippen LogP contribution in [-0.2, 0) is 0 Å². The molecule has 0 atom stereocenters. The van der Waals surface area contributed by atoms with Gasteiger partial charge in [0.05, 0.1) is 14.4 Å². The van der Waals surface area contributed by atoms with Gasteiger partial charge in [0.15, 0.2) is 5.82 Å². The summed E-state index contributed by atoms with van der Waals surface area (Å²) in [4.78, 5) is 20.0. The Morgan fingerprint density at radius 3 is 2.58 bits per heavy atom. The number of aromatic nitrogens is 2. The monoisotopic (exact) mass is 332 g/mol. The summed E-state index contributed by atoms with van der Waals surface area (Å²) in [6, 6.07) is 15.1. The molecule has 0 saturated carbocycles. The molecule has 94 valence electrons. The highest BCUT2D eigenvalue weighted by atomic mass is 79.9. The lowest BCUT2D eigenvalue weighted by atomic mass is 10.1. The van der Waals surface area contributed by atoms with Crippen LogP contribution < -0.4 is 5.56 Å². The summed E-state index contributed by atoms with van der Waals surface area (Å²) >= 11 is 4.95. The molecule has 0 saturated heterocycles. The highest BCUT2D eigenvalue weighted by Gasteiger charge is 2.07. The van der Waals surface area contributed by atoms with Gasteiger partial charge in [0.2, 0.25) is 0 Å². The van der Waals surface area contributed by atoms with Gasteiger partial charge in [0.1, 0.15) is 0 Å². The van der Waals surface area contributed by atoms with E-state index in [1.54, 1.807) is 0 Å². The Morgan fingerprint density at radius 1 is 1.11 bits per heavy atom. The lowest BCUT2D eigenvalue weighted by Crippen LogP contribution is -2.08. The predicted molar refractivity (Wildman–Crippen MR) is 81.3 cm³/mol. The third-order valence-corrected chi connectivity index (χ3v) is 4.25. The fourth-order valence-electron chi connectivity index (χ4n) is 1.77. The van der Waals surface area contributed by atoms with Crippen LogP contribution in [0.2, 0.25) is 0 Å². The zero-order valence-corrected chi connectivity index (χ0v) is 12.2. The van der Waals surface area contributed by atoms with E-state index in [0.29, 0.717) is 11.5 Å². The minimum Gasteiger partial charge on any atom is -0.306 e. The van der Waals surface area contributed by atoms with Crippen molar-refractivity contribution >= 4 is 27.3 Å². The van der Waals surface area contributed by atoms with Crippen LogP contribution >= 0.6 is 27.3 Å². The Balaban J connectivity index is 2.14. The van der Waals surface area contributed by atoms with Crippen LogP contribution in [0.25, 0.3) is 22.0 Å². The molecule has 0 radical (unpaired) electrons. The first kappa shape index (κ1) is 12.3. The summed E-state index contributed by atoms with van der Waals surface area (Å²) in [6.45, 7) is 0. The Hall–Kier alpha value is -1.72. The maximum atomic E-state index is 11.8. The van der Waals surface area contributed by atoms with Gasteiger partial charge in [-0.1, -0.05) is 30.3 Å². The molecule has 0 aliphatic rings. The number of hydrogen-bond acceptors (Lipinski definition) is 3. The molecule has 0 aliphatic carbocycles. The number of rotatable bonds is 2. The fraction of sp³-hybridized carbons (Fsp3) is 0. The number of aromatic amines is 1. The van der Waals surface area contributed by atoms with Gasteiger partial charge in [-0.05, 0) is 28.1 Å². The molecule has 2 heterocycles. The molecule has 0 unspecified atom stereocenters. The Labute approximate surface area is 122 Å². The number of nitrogens with zero attached hydrogens (tertiary/aromatic N) is 1. The molecule has 0 bridgehead atoms. The van der Waals surface area contributed by atoms with Crippen LogP contribution in [-0.4, -0.2) is 9.97 Å². The topological polar surface area (TPSA) is 45.8 Å². The van der Waals surface area contributed by atoms with Crippen molar-refractivity contribution in [3.8, 4) is 22.0 Å². The van der Waals surface area contributed by atoms with E-state index < -0.39 is 0 Å². The molecule has 3 rings (SSSR count). The molecule has 1 aromatic carbocycles. The van der Waals surface area contributed by atoms with Gasteiger partial charge in [0, 0.05) is 11.6 Å². The van der Waals surface area contributed by atoms with Gasteiger partial charge in [-0.3, -0.25) is 4.79 Å². The number of hydrogen-bond donors (Lipinski definition) is 1. The van der Waals surface area contributed by atoms with Crippen molar-refractivity contribution in [3.63, 3.8) is 0 Å². The van der Waals surface area contributed by atoms with Crippen molar-refractivity contribution < 1.29 is 0 Å². The van der Waals surface area contributed by atoms with Crippen LogP contribution in [0.1, 0.15) is 0 Å². The van der Waals surface area contributed by atoms with Crippen molar-refractivity contribution in [2.75, 3.05) is 0 Å². The number of halogens is 1. The van der Waals surface area contributed by atoms with E-state index in [0.717, 1.165) is 14.2 Å². The van der Waals surface area contributed by atoms with Crippen LogP contribution in [0.4, 0.5) is 0 Å². The van der Waals surface area contributed by atoms with E-state index >= 15 is 0 Å². The molecule has 3 aromatic rings. The van der Waals surface area contributed by atoms with E-state index in [1.165, 1.54) is 17.4 Å². The highest BCUT2D eigenvalue weighted by molar-refractivity contribution is 9.11. The van der Waals surface area contributed by atoms with Gasteiger partial charge in [-0.2, -0.15) is 0 Å². The summed E-state index contributed by atoms with van der Waals surface area (Å²) in [5, 5.41) is 0. The summed E-state index contributed by atoms with van der Waals surface area (Å²) in [5.41, 5.74) is 1.47. The van der Waals surface area contributed by atoms with E-state index in [1.807, 2.05) is 42.5 Å². The molecule has 1 N–H and O–H groups in total. The highest BCUT2D eigenvalue weighted by Crippen LogP contribution is 2.29. The third-order valence-electron chi connectivity index (χ3n) is 2.62. The molecule has 0 amide bonds. The van der Waals surface area contributed by atoms with Gasteiger partial charge in [-0.25, -0.2) is 4.98 Å². The first-order valence-electron chi connectivity index (χ1n) is 5.65. The lowest BCUT2D eigenvalue weighted by Gasteiger charge is -2.02. The second-order valence-electron chi connectivity index (χ2n) is 3.95. The molecular weight excluding hydrogens is 324 g/mol. The van der Waals surface area contributed by atoms with E-state index in [4.69, 9.17) is 0 Å². The summed E-state index contributed by atoms with van der Waals surface area (Å²) in [6.07, 6.45) is 0. The van der Waals surface area contributed by atoms with E-state index in [9.17, 15) is 4.79 Å². The predicted octanol–water partition coefficient (Wildman–Crippen LogP) is 3.93. The minimum atomic E-state index is -0.145. The van der Waals surface area contributed by atoms with Gasteiger partial charge in [-0.15, -0.1) is 11.3 Å². The Morgan fingerprint density at radius 2 is 1.89 bits per heavy atom. The van der Waals surface area contributed by atoms with Gasteiger partial charge >= 0.3 is 0 Å².